The lowest BCUT2D eigenvalue weighted by molar-refractivity contribution is 0.625. The van der Waals surface area contributed by atoms with Crippen molar-refractivity contribution in [1.82, 2.24) is 9.55 Å². The Morgan fingerprint density at radius 1 is 1.54 bits per heavy atom. The molecule has 0 saturated carbocycles. The number of hydrogen-bond acceptors (Lipinski definition) is 1. The smallest absolute Gasteiger partial charge is 0.203 e. The fourth-order valence-corrected chi connectivity index (χ4v) is 1.70. The van der Waals surface area contributed by atoms with E-state index in [0.29, 0.717) is 15.5 Å². The van der Waals surface area contributed by atoms with Gasteiger partial charge < -0.3 is 4.57 Å². The van der Waals surface area contributed by atoms with E-state index in [-0.39, 0.29) is 11.1 Å². The van der Waals surface area contributed by atoms with Crippen molar-refractivity contribution in [3.8, 4) is 0 Å². The van der Waals surface area contributed by atoms with E-state index in [0.717, 1.165) is 0 Å². The summed E-state index contributed by atoms with van der Waals surface area (Å²) < 4.78 is 15.4. The molecular formula is C8H5BrClFN2. The summed E-state index contributed by atoms with van der Waals surface area (Å²) in [4.78, 5) is 3.98. The van der Waals surface area contributed by atoms with Crippen LogP contribution in [0.5, 0.6) is 0 Å². The highest BCUT2D eigenvalue weighted by atomic mass is 79.9. The van der Waals surface area contributed by atoms with E-state index in [4.69, 9.17) is 11.6 Å². The molecule has 0 radical (unpaired) electrons. The lowest BCUT2D eigenvalue weighted by Gasteiger charge is -1.98. The number of aromatic nitrogens is 2. The van der Waals surface area contributed by atoms with Gasteiger partial charge in [0.15, 0.2) is 5.82 Å². The summed E-state index contributed by atoms with van der Waals surface area (Å²) in [6.07, 6.45) is 0. The molecule has 1 heterocycles. The quantitative estimate of drug-likeness (QED) is 0.714. The standard InChI is InChI=1S/C8H5BrClFN2/c1-13-7-5(12-8(13)10)3-2-4(9)6(7)11/h2-3H,1H3. The zero-order valence-corrected chi connectivity index (χ0v) is 9.02. The lowest BCUT2D eigenvalue weighted by Crippen LogP contribution is -1.90. The van der Waals surface area contributed by atoms with E-state index in [1.165, 1.54) is 4.57 Å². The van der Waals surface area contributed by atoms with Gasteiger partial charge in [0.1, 0.15) is 5.52 Å². The largest absolute Gasteiger partial charge is 0.315 e. The van der Waals surface area contributed by atoms with Gasteiger partial charge in [0.05, 0.1) is 9.99 Å². The highest BCUT2D eigenvalue weighted by Gasteiger charge is 2.12. The maximum Gasteiger partial charge on any atom is 0.203 e. The molecule has 0 N–H and O–H groups in total. The Morgan fingerprint density at radius 2 is 2.23 bits per heavy atom. The van der Waals surface area contributed by atoms with E-state index < -0.39 is 0 Å². The Hall–Kier alpha value is -0.610. The summed E-state index contributed by atoms with van der Waals surface area (Å²) >= 11 is 8.85. The summed E-state index contributed by atoms with van der Waals surface area (Å²) in [6.45, 7) is 0. The second-order valence-electron chi connectivity index (χ2n) is 2.67. The van der Waals surface area contributed by atoms with Gasteiger partial charge >= 0.3 is 0 Å². The first kappa shape index (κ1) is 8.97. The van der Waals surface area contributed by atoms with Crippen LogP contribution in [-0.4, -0.2) is 9.55 Å². The van der Waals surface area contributed by atoms with Crippen molar-refractivity contribution in [3.05, 3.63) is 27.7 Å². The number of benzene rings is 1. The Morgan fingerprint density at radius 3 is 2.92 bits per heavy atom. The predicted molar refractivity (Wildman–Crippen MR) is 53.4 cm³/mol. The average molecular weight is 263 g/mol. The van der Waals surface area contributed by atoms with Crippen molar-refractivity contribution in [2.75, 3.05) is 0 Å². The van der Waals surface area contributed by atoms with E-state index in [1.54, 1.807) is 19.2 Å². The summed E-state index contributed by atoms with van der Waals surface area (Å²) in [7, 11) is 1.67. The monoisotopic (exact) mass is 262 g/mol. The van der Waals surface area contributed by atoms with Gasteiger partial charge in [-0.15, -0.1) is 0 Å². The third-order valence-corrected chi connectivity index (χ3v) is 2.82. The number of aryl methyl sites for hydroxylation is 1. The van der Waals surface area contributed by atoms with Crippen molar-refractivity contribution in [2.45, 2.75) is 0 Å². The zero-order chi connectivity index (χ0) is 9.59. The van der Waals surface area contributed by atoms with Gasteiger partial charge in [-0.2, -0.15) is 0 Å². The van der Waals surface area contributed by atoms with Crippen LogP contribution in [0.2, 0.25) is 5.28 Å². The van der Waals surface area contributed by atoms with Crippen LogP contribution in [0.15, 0.2) is 16.6 Å². The molecule has 0 spiro atoms. The Bertz CT molecular complexity index is 480. The van der Waals surface area contributed by atoms with E-state index in [9.17, 15) is 4.39 Å². The molecule has 2 aromatic rings. The van der Waals surface area contributed by atoms with Crippen molar-refractivity contribution in [1.29, 1.82) is 0 Å². The Kier molecular flexibility index (Phi) is 2.04. The first-order valence-electron chi connectivity index (χ1n) is 3.57. The molecule has 13 heavy (non-hydrogen) atoms. The maximum absolute atomic E-state index is 13.5. The van der Waals surface area contributed by atoms with Gasteiger partial charge in [-0.05, 0) is 39.7 Å². The van der Waals surface area contributed by atoms with Gasteiger partial charge in [-0.1, -0.05) is 0 Å². The number of rotatable bonds is 0. The van der Waals surface area contributed by atoms with Gasteiger partial charge in [-0.3, -0.25) is 0 Å². The van der Waals surface area contributed by atoms with Crippen LogP contribution in [0.4, 0.5) is 4.39 Å². The molecule has 0 fully saturated rings. The summed E-state index contributed by atoms with van der Waals surface area (Å²) in [5, 5.41) is 0.284. The number of halogens is 3. The molecule has 1 aromatic carbocycles. The highest BCUT2D eigenvalue weighted by Crippen LogP contribution is 2.26. The van der Waals surface area contributed by atoms with Crippen molar-refractivity contribution in [3.63, 3.8) is 0 Å². The van der Waals surface area contributed by atoms with Crippen molar-refractivity contribution >= 4 is 38.6 Å². The van der Waals surface area contributed by atoms with E-state index in [2.05, 4.69) is 20.9 Å². The molecule has 0 atom stereocenters. The normalized spacial score (nSPS) is 11.1. The number of fused-ring (bicyclic) bond motifs is 1. The second kappa shape index (κ2) is 2.96. The first-order valence-corrected chi connectivity index (χ1v) is 4.74. The SMILES string of the molecule is Cn1c(Cl)nc2ccc(Br)c(F)c21. The second-order valence-corrected chi connectivity index (χ2v) is 3.86. The van der Waals surface area contributed by atoms with Crippen LogP contribution < -0.4 is 0 Å². The molecular weight excluding hydrogens is 258 g/mol. The molecule has 0 aliphatic carbocycles. The molecule has 5 heteroatoms. The third-order valence-electron chi connectivity index (χ3n) is 1.87. The number of hydrogen-bond donors (Lipinski definition) is 0. The van der Waals surface area contributed by atoms with Crippen LogP contribution in [0.25, 0.3) is 11.0 Å². The maximum atomic E-state index is 13.5. The summed E-state index contributed by atoms with van der Waals surface area (Å²) in [6, 6.07) is 3.33. The zero-order valence-electron chi connectivity index (χ0n) is 6.68. The average Bonchev–Trinajstić information content (AvgIpc) is 2.37. The fraction of sp³-hybridized carbons (Fsp3) is 0.125. The fourth-order valence-electron chi connectivity index (χ4n) is 1.21. The number of nitrogens with zero attached hydrogens (tertiary/aromatic N) is 2. The van der Waals surface area contributed by atoms with E-state index >= 15 is 0 Å². The minimum atomic E-state index is -0.334. The van der Waals surface area contributed by atoms with Crippen LogP contribution in [0.3, 0.4) is 0 Å². The van der Waals surface area contributed by atoms with Crippen LogP contribution in [-0.2, 0) is 7.05 Å². The Labute approximate surface area is 87.5 Å². The Balaban J connectivity index is 2.97. The first-order chi connectivity index (χ1) is 6.11. The minimum absolute atomic E-state index is 0.284. The van der Waals surface area contributed by atoms with Gasteiger partial charge in [0.25, 0.3) is 0 Å². The van der Waals surface area contributed by atoms with Crippen LogP contribution in [0, 0.1) is 5.82 Å². The molecule has 2 nitrogen and oxygen atoms in total. The summed E-state index contributed by atoms with van der Waals surface area (Å²) in [5.41, 5.74) is 0.979. The molecule has 0 aliphatic heterocycles. The van der Waals surface area contributed by atoms with Crippen molar-refractivity contribution < 1.29 is 4.39 Å². The van der Waals surface area contributed by atoms with Crippen LogP contribution >= 0.6 is 27.5 Å². The summed E-state index contributed by atoms with van der Waals surface area (Å²) in [5.74, 6) is -0.334. The lowest BCUT2D eigenvalue weighted by atomic mass is 10.3. The van der Waals surface area contributed by atoms with Crippen LogP contribution in [0.1, 0.15) is 0 Å². The molecule has 0 saturated heterocycles. The van der Waals surface area contributed by atoms with Gasteiger partial charge in [0, 0.05) is 7.05 Å². The molecule has 68 valence electrons. The molecule has 1 aromatic heterocycles. The van der Waals surface area contributed by atoms with Gasteiger partial charge in [-0.25, -0.2) is 9.37 Å². The van der Waals surface area contributed by atoms with Crippen molar-refractivity contribution in [2.24, 2.45) is 7.05 Å². The third kappa shape index (κ3) is 1.25. The molecule has 0 bridgehead atoms. The van der Waals surface area contributed by atoms with Gasteiger partial charge in [0.2, 0.25) is 5.28 Å². The molecule has 0 aliphatic rings. The predicted octanol–water partition coefficient (Wildman–Crippen LogP) is 3.13. The number of imidazole rings is 1. The topological polar surface area (TPSA) is 17.8 Å². The molecule has 0 unspecified atom stereocenters. The van der Waals surface area contributed by atoms with E-state index in [1.807, 2.05) is 0 Å². The minimum Gasteiger partial charge on any atom is -0.315 e. The highest BCUT2D eigenvalue weighted by molar-refractivity contribution is 9.10. The molecule has 2 rings (SSSR count). The molecule has 0 amide bonds.